The summed E-state index contributed by atoms with van der Waals surface area (Å²) in [5.74, 6) is -1.48. The van der Waals surface area contributed by atoms with E-state index >= 15 is 0 Å². The summed E-state index contributed by atoms with van der Waals surface area (Å²) in [6.07, 6.45) is -1.22. The second kappa shape index (κ2) is 45.4. The number of carbonyl (C=O) groups is 6. The average molecular weight is 1330 g/mol. The monoisotopic (exact) mass is 1330 g/mol. The third-order valence-electron chi connectivity index (χ3n) is 15.9. The lowest BCUT2D eigenvalue weighted by Crippen LogP contribution is -2.62. The number of benzene rings is 1. The van der Waals surface area contributed by atoms with Crippen molar-refractivity contribution in [2.24, 2.45) is 23.7 Å². The minimum Gasteiger partial charge on any atom is -0.487 e. The van der Waals surface area contributed by atoms with Crippen LogP contribution in [0.3, 0.4) is 0 Å². The van der Waals surface area contributed by atoms with Crippen molar-refractivity contribution >= 4 is 35.6 Å². The summed E-state index contributed by atoms with van der Waals surface area (Å²) in [6.45, 7) is 27.1. The molecule has 3 fully saturated rings. The Labute approximate surface area is 549 Å². The summed E-state index contributed by atoms with van der Waals surface area (Å²) in [7, 11) is 0. The summed E-state index contributed by atoms with van der Waals surface area (Å²) in [6, 6.07) is 1.40. The highest BCUT2D eigenvalue weighted by atomic mass is 16.7. The largest absolute Gasteiger partial charge is 0.487 e. The minimum absolute atomic E-state index is 0.00938. The Morgan fingerprint density at radius 2 is 0.731 bits per heavy atom. The molecule has 0 aromatic heterocycles. The van der Waals surface area contributed by atoms with Gasteiger partial charge in [-0.1, -0.05) is 55.4 Å². The molecular weight excluding hydrogens is 1220 g/mol. The van der Waals surface area contributed by atoms with Crippen LogP contribution < -0.4 is 35.5 Å². The Morgan fingerprint density at radius 3 is 1.10 bits per heavy atom. The second-order valence-corrected chi connectivity index (χ2v) is 23.1. The number of nitrogens with one attached hydrogen (secondary N) is 4. The summed E-state index contributed by atoms with van der Waals surface area (Å²) < 4.78 is 108. The van der Waals surface area contributed by atoms with Gasteiger partial charge in [0, 0.05) is 65.2 Å². The maximum atomic E-state index is 13.7. The van der Waals surface area contributed by atoms with Crippen LogP contribution in [-0.4, -0.2) is 242 Å². The van der Waals surface area contributed by atoms with E-state index in [1.165, 1.54) is 34.6 Å². The minimum atomic E-state index is -0.875. The topological polar surface area (TPSA) is 317 Å². The van der Waals surface area contributed by atoms with Gasteiger partial charge in [0.1, 0.15) is 44.1 Å². The first-order valence-corrected chi connectivity index (χ1v) is 33.1. The van der Waals surface area contributed by atoms with Gasteiger partial charge in [0.25, 0.3) is 5.91 Å². The molecule has 3 heterocycles. The molecule has 1 aromatic carbocycles. The molecule has 28 heteroatoms. The second-order valence-electron chi connectivity index (χ2n) is 23.1. The van der Waals surface area contributed by atoms with E-state index in [0.717, 1.165) is 12.8 Å². The van der Waals surface area contributed by atoms with Gasteiger partial charge in [0.05, 0.1) is 130 Å². The van der Waals surface area contributed by atoms with Gasteiger partial charge in [-0.3, -0.25) is 28.8 Å². The fraction of sp³-hybridized carbons (Fsp3) is 0.815. The molecule has 3 saturated heterocycles. The molecule has 93 heavy (non-hydrogen) atoms. The Kier molecular flexibility index (Phi) is 39.2. The lowest BCUT2D eigenvalue weighted by Gasteiger charge is -2.44. The first-order valence-electron chi connectivity index (χ1n) is 33.1. The van der Waals surface area contributed by atoms with Gasteiger partial charge in [0.2, 0.25) is 23.5 Å². The van der Waals surface area contributed by atoms with E-state index in [4.69, 9.17) is 85.3 Å². The number of carbonyl (C=O) groups excluding carboxylic acids is 6. The molecule has 15 atom stereocenters. The molecule has 0 bridgehead atoms. The van der Waals surface area contributed by atoms with Crippen molar-refractivity contribution in [1.82, 2.24) is 21.3 Å². The summed E-state index contributed by atoms with van der Waals surface area (Å²) in [5, 5.41) is 11.6. The summed E-state index contributed by atoms with van der Waals surface area (Å²) >= 11 is 0. The van der Waals surface area contributed by atoms with E-state index < -0.39 is 61.0 Å². The van der Waals surface area contributed by atoms with Crippen LogP contribution in [0.5, 0.6) is 17.2 Å². The van der Waals surface area contributed by atoms with Crippen molar-refractivity contribution in [3.63, 3.8) is 0 Å². The molecule has 4 N–H and O–H groups in total. The van der Waals surface area contributed by atoms with E-state index in [0.29, 0.717) is 26.1 Å². The molecule has 0 saturated carbocycles. The van der Waals surface area contributed by atoms with Gasteiger partial charge in [0.15, 0.2) is 30.4 Å². The average Bonchev–Trinajstić information content (AvgIpc) is 2.68. The Bertz CT molecular complexity index is 2320. The zero-order valence-electron chi connectivity index (χ0n) is 57.3. The Hall–Kier alpha value is -5.08. The van der Waals surface area contributed by atoms with Gasteiger partial charge in [-0.25, -0.2) is 0 Å². The normalized spacial score (nSPS) is 26.1. The molecule has 3 aliphatic heterocycles. The van der Waals surface area contributed by atoms with Gasteiger partial charge < -0.3 is 107 Å². The summed E-state index contributed by atoms with van der Waals surface area (Å²) in [5.41, 5.74) is 0.234. The first kappa shape index (κ1) is 80.4. The van der Waals surface area contributed by atoms with Gasteiger partial charge in [-0.2, -0.15) is 0 Å². The van der Waals surface area contributed by atoms with Gasteiger partial charge in [-0.15, -0.1) is 0 Å². The highest BCUT2D eigenvalue weighted by Crippen LogP contribution is 2.40. The lowest BCUT2D eigenvalue weighted by molar-refractivity contribution is -0.256. The van der Waals surface area contributed by atoms with E-state index in [2.05, 4.69) is 42.0 Å². The zero-order valence-corrected chi connectivity index (χ0v) is 57.3. The number of amides is 4. The van der Waals surface area contributed by atoms with E-state index in [9.17, 15) is 28.8 Å². The van der Waals surface area contributed by atoms with Crippen molar-refractivity contribution in [3.8, 4) is 17.2 Å². The maximum absolute atomic E-state index is 13.7. The standard InChI is InChI=1S/C65H110N4O24/c1-14-19-76-20-18-66-62(75)50-39-54(83-33-27-77-21-24-80-30-36-86-63-56(67-45(9)70)42(6)41(5)51(15-2)91-63)61(85-35-29-79-23-26-82-32-38-88-65-58(69-47(11)72)60(90-49(13)74)44(8)53(17-4)93-65)55(40-50)84-34-28-78-22-25-81-31-37-87-64-57(68-46(10)71)59(89-48(12)73)43(7)52(16-3)92-64/h39-44,51-53,56-60,63-65H,14-38H2,1-13H3,(H,66,75)(H,67,70)(H,68,71)(H,69,72)/t41-,42+,43+,44+,51-,52-,53-,56-,57-,58-,59+,60+,63-,64-,65-/m1/s1. The number of ether oxygens (including phenoxy) is 18. The van der Waals surface area contributed by atoms with Crippen LogP contribution in [0.2, 0.25) is 0 Å². The van der Waals surface area contributed by atoms with Crippen molar-refractivity contribution in [2.75, 3.05) is 139 Å². The maximum Gasteiger partial charge on any atom is 0.302 e. The molecule has 4 rings (SSSR count). The van der Waals surface area contributed by atoms with Crippen molar-refractivity contribution in [2.45, 2.75) is 183 Å². The molecule has 3 aliphatic rings. The lowest BCUT2D eigenvalue weighted by atomic mass is 9.81. The number of rotatable bonds is 47. The highest BCUT2D eigenvalue weighted by Gasteiger charge is 2.48. The van der Waals surface area contributed by atoms with Crippen LogP contribution in [0.1, 0.15) is 126 Å². The number of hydrogen-bond donors (Lipinski definition) is 4. The van der Waals surface area contributed by atoms with Crippen molar-refractivity contribution < 1.29 is 114 Å². The summed E-state index contributed by atoms with van der Waals surface area (Å²) in [4.78, 5) is 74.1. The van der Waals surface area contributed by atoms with Gasteiger partial charge >= 0.3 is 11.9 Å². The molecule has 0 spiro atoms. The van der Waals surface area contributed by atoms with Crippen LogP contribution in [0, 0.1) is 23.7 Å². The molecule has 0 unspecified atom stereocenters. The van der Waals surface area contributed by atoms with Gasteiger partial charge in [-0.05, 0) is 49.7 Å². The smallest absolute Gasteiger partial charge is 0.302 e. The van der Waals surface area contributed by atoms with E-state index in [1.807, 2.05) is 34.6 Å². The van der Waals surface area contributed by atoms with E-state index in [-0.39, 0.29) is 214 Å². The Balaban J connectivity index is 1.35. The number of esters is 2. The molecule has 1 aromatic rings. The molecular formula is C65H110N4O24. The molecule has 0 aliphatic carbocycles. The van der Waals surface area contributed by atoms with Crippen LogP contribution in [0.15, 0.2) is 12.1 Å². The predicted octanol–water partition coefficient (Wildman–Crippen LogP) is 4.46. The Morgan fingerprint density at radius 1 is 0.398 bits per heavy atom. The molecule has 534 valence electrons. The van der Waals surface area contributed by atoms with Crippen LogP contribution in [-0.2, 0) is 95.0 Å². The van der Waals surface area contributed by atoms with Crippen molar-refractivity contribution in [1.29, 1.82) is 0 Å². The van der Waals surface area contributed by atoms with Crippen LogP contribution in [0.25, 0.3) is 0 Å². The van der Waals surface area contributed by atoms with E-state index in [1.54, 1.807) is 12.1 Å². The molecule has 28 nitrogen and oxygen atoms in total. The first-order chi connectivity index (χ1) is 44.7. The number of hydrogen-bond acceptors (Lipinski definition) is 24. The zero-order chi connectivity index (χ0) is 68.1. The molecule has 4 amide bonds. The third-order valence-corrected chi connectivity index (χ3v) is 15.9. The fourth-order valence-electron chi connectivity index (χ4n) is 11.1. The fourth-order valence-corrected chi connectivity index (χ4v) is 11.1. The van der Waals surface area contributed by atoms with Crippen LogP contribution in [0.4, 0.5) is 0 Å². The third kappa shape index (κ3) is 29.0. The highest BCUT2D eigenvalue weighted by molar-refractivity contribution is 5.95. The van der Waals surface area contributed by atoms with Crippen LogP contribution >= 0.6 is 0 Å². The predicted molar refractivity (Wildman–Crippen MR) is 337 cm³/mol. The van der Waals surface area contributed by atoms with Crippen molar-refractivity contribution in [3.05, 3.63) is 17.7 Å². The quantitative estimate of drug-likeness (QED) is 0.0517. The molecule has 0 radical (unpaired) electrons. The SMILES string of the molecule is CCCOCCNC(=O)c1cc(OCCOCCOCCO[C@@H]2O[C@H](CC)[C@H](C)[C@H](C)[C@H]2NC(C)=O)c(OCCOCCOCCO[C@@H]2O[C@H](CC)[C@H](C)[C@H](OC(C)=O)[C@H]2NC(C)=O)c(OCCOCCOCCO[C@@H]2O[C@H](CC)[C@H](C)[C@H](OC(C)=O)[C@H]2NC(C)=O)c1.